The standard InChI is InChI=1S/C49H31N3OS/c1-50-46(35-28-27-31(30-15-3-2-4-16-30)32-17-5-6-18-33(32)35)44-38-22-10-13-25-41(38)53-49(44)51-29-52-40-24-12-9-21-37(40)43-34-19-7-8-20-36(34)48-45(47(43)52)39-23-11-14-26-42(39)54-48/h2-28H,1,29H2/b46-44-,51-49+. The largest absolute Gasteiger partial charge is 0.438 e. The molecule has 0 fully saturated rings. The summed E-state index contributed by atoms with van der Waals surface area (Å²) in [4.78, 5) is 10.1. The highest BCUT2D eigenvalue weighted by molar-refractivity contribution is 7.27. The number of hydrogen-bond acceptors (Lipinski definition) is 4. The molecule has 0 radical (unpaired) electrons. The predicted octanol–water partition coefficient (Wildman–Crippen LogP) is 13.2. The van der Waals surface area contributed by atoms with Crippen molar-refractivity contribution in [1.82, 2.24) is 4.57 Å². The molecule has 0 unspecified atom stereocenters. The average Bonchev–Trinajstić information content (AvgIpc) is 3.91. The molecule has 0 saturated heterocycles. The SMILES string of the molecule is C=N/C(=C1\C(=N/Cn2c3ccccc3c3c4ccccc4c4sc5ccccc5c4c32)Oc2ccccc21)c1ccc(-c2ccccc2)c2ccccc12. The van der Waals surface area contributed by atoms with Crippen LogP contribution >= 0.6 is 11.3 Å². The van der Waals surface area contributed by atoms with Gasteiger partial charge in [-0.05, 0) is 52.2 Å². The zero-order chi connectivity index (χ0) is 35.8. The zero-order valence-corrected chi connectivity index (χ0v) is 30.0. The van der Waals surface area contributed by atoms with Gasteiger partial charge in [0.1, 0.15) is 12.4 Å². The maximum Gasteiger partial charge on any atom is 0.226 e. The van der Waals surface area contributed by atoms with Crippen molar-refractivity contribution in [3.05, 3.63) is 175 Å². The van der Waals surface area contributed by atoms with E-state index in [1.165, 1.54) is 58.4 Å². The van der Waals surface area contributed by atoms with Gasteiger partial charge in [-0.2, -0.15) is 0 Å². The molecule has 2 aromatic heterocycles. The first kappa shape index (κ1) is 30.8. The minimum absolute atomic E-state index is 0.354. The van der Waals surface area contributed by atoms with E-state index in [1.807, 2.05) is 29.5 Å². The number of benzene rings is 8. The fourth-order valence-electron chi connectivity index (χ4n) is 8.53. The molecule has 10 aromatic rings. The molecule has 3 heterocycles. The summed E-state index contributed by atoms with van der Waals surface area (Å²) >= 11 is 1.86. The molecule has 254 valence electrons. The van der Waals surface area contributed by atoms with Gasteiger partial charge in [0.05, 0.1) is 22.3 Å². The number of fused-ring (bicyclic) bond motifs is 12. The van der Waals surface area contributed by atoms with Crippen LogP contribution in [0.2, 0.25) is 0 Å². The van der Waals surface area contributed by atoms with Gasteiger partial charge in [0.15, 0.2) is 0 Å². The number of rotatable bonds is 5. The maximum absolute atomic E-state index is 6.66. The second-order valence-corrected chi connectivity index (χ2v) is 14.7. The van der Waals surface area contributed by atoms with E-state index in [2.05, 4.69) is 157 Å². The van der Waals surface area contributed by atoms with Crippen LogP contribution in [0.1, 0.15) is 11.1 Å². The van der Waals surface area contributed by atoms with Crippen LogP contribution in [0.4, 0.5) is 0 Å². The second kappa shape index (κ2) is 12.1. The van der Waals surface area contributed by atoms with Gasteiger partial charge in [-0.1, -0.05) is 146 Å². The van der Waals surface area contributed by atoms with Crippen LogP contribution < -0.4 is 4.74 Å². The Balaban J connectivity index is 1.17. The van der Waals surface area contributed by atoms with Crippen molar-refractivity contribution in [1.29, 1.82) is 0 Å². The van der Waals surface area contributed by atoms with Gasteiger partial charge in [0, 0.05) is 47.5 Å². The number of para-hydroxylation sites is 2. The van der Waals surface area contributed by atoms with Crippen LogP contribution in [-0.2, 0) is 6.67 Å². The first-order valence-corrected chi connectivity index (χ1v) is 18.9. The molecule has 4 nitrogen and oxygen atoms in total. The van der Waals surface area contributed by atoms with Crippen molar-refractivity contribution in [2.75, 3.05) is 0 Å². The van der Waals surface area contributed by atoms with E-state index >= 15 is 0 Å². The van der Waals surface area contributed by atoms with Crippen molar-refractivity contribution in [3.63, 3.8) is 0 Å². The van der Waals surface area contributed by atoms with E-state index < -0.39 is 0 Å². The Hall–Kier alpha value is -6.82. The highest BCUT2D eigenvalue weighted by Crippen LogP contribution is 2.47. The fraction of sp³-hybridized carbons (Fsp3) is 0.0204. The van der Waals surface area contributed by atoms with E-state index in [-0.39, 0.29) is 0 Å². The summed E-state index contributed by atoms with van der Waals surface area (Å²) in [6.07, 6.45) is 0. The molecule has 11 rings (SSSR count). The lowest BCUT2D eigenvalue weighted by atomic mass is 9.91. The second-order valence-electron chi connectivity index (χ2n) is 13.7. The Morgan fingerprint density at radius 2 is 1.24 bits per heavy atom. The van der Waals surface area contributed by atoms with Gasteiger partial charge >= 0.3 is 0 Å². The number of nitrogens with zero attached hydrogens (tertiary/aromatic N) is 3. The maximum atomic E-state index is 6.66. The normalized spacial score (nSPS) is 14.5. The Kier molecular flexibility index (Phi) is 6.91. The van der Waals surface area contributed by atoms with E-state index in [4.69, 9.17) is 14.7 Å². The third-order valence-electron chi connectivity index (χ3n) is 10.8. The van der Waals surface area contributed by atoms with Crippen molar-refractivity contribution in [2.24, 2.45) is 9.98 Å². The molecule has 0 N–H and O–H groups in total. The van der Waals surface area contributed by atoms with E-state index in [9.17, 15) is 0 Å². The number of hydrogen-bond donors (Lipinski definition) is 0. The molecule has 0 saturated carbocycles. The molecule has 1 aliphatic heterocycles. The Morgan fingerprint density at radius 3 is 2.07 bits per heavy atom. The van der Waals surface area contributed by atoms with E-state index in [0.717, 1.165) is 44.4 Å². The molecular weight excluding hydrogens is 679 g/mol. The molecule has 1 aliphatic rings. The van der Waals surface area contributed by atoms with Gasteiger partial charge < -0.3 is 9.30 Å². The third kappa shape index (κ3) is 4.49. The molecule has 0 spiro atoms. The molecule has 0 aliphatic carbocycles. The molecule has 0 bridgehead atoms. The number of aromatic nitrogens is 1. The van der Waals surface area contributed by atoms with E-state index in [0.29, 0.717) is 12.6 Å². The topological polar surface area (TPSA) is 38.9 Å². The van der Waals surface area contributed by atoms with Gasteiger partial charge in [0.25, 0.3) is 0 Å². The lowest BCUT2D eigenvalue weighted by Gasteiger charge is -2.14. The lowest BCUT2D eigenvalue weighted by Crippen LogP contribution is -2.08. The monoisotopic (exact) mass is 709 g/mol. The summed E-state index contributed by atoms with van der Waals surface area (Å²) in [5.74, 6) is 1.30. The predicted molar refractivity (Wildman–Crippen MR) is 230 cm³/mol. The molecule has 8 aromatic carbocycles. The summed E-state index contributed by atoms with van der Waals surface area (Å²) in [6, 6.07) is 57.8. The first-order valence-electron chi connectivity index (χ1n) is 18.1. The molecule has 5 heteroatoms. The van der Waals surface area contributed by atoms with Gasteiger partial charge in [-0.3, -0.25) is 4.99 Å². The van der Waals surface area contributed by atoms with Crippen LogP contribution in [0.25, 0.3) is 85.9 Å². The molecule has 0 amide bonds. The average molecular weight is 710 g/mol. The summed E-state index contributed by atoms with van der Waals surface area (Å²) < 4.78 is 11.6. The minimum Gasteiger partial charge on any atom is -0.438 e. The molecule has 54 heavy (non-hydrogen) atoms. The van der Waals surface area contributed by atoms with Gasteiger partial charge in [-0.25, -0.2) is 4.99 Å². The van der Waals surface area contributed by atoms with Crippen LogP contribution in [0, 0.1) is 0 Å². The van der Waals surface area contributed by atoms with Gasteiger partial charge in [-0.15, -0.1) is 11.3 Å². The lowest BCUT2D eigenvalue weighted by molar-refractivity contribution is 0.561. The number of thiophene rings is 1. The Labute approximate surface area is 315 Å². The van der Waals surface area contributed by atoms with E-state index in [1.54, 1.807) is 0 Å². The highest BCUT2D eigenvalue weighted by Gasteiger charge is 2.30. The van der Waals surface area contributed by atoms with Crippen LogP contribution in [0.5, 0.6) is 5.75 Å². The fourth-order valence-corrected chi connectivity index (χ4v) is 9.78. The summed E-state index contributed by atoms with van der Waals surface area (Å²) in [7, 11) is 0. The third-order valence-corrected chi connectivity index (χ3v) is 12.0. The van der Waals surface area contributed by atoms with Crippen molar-refractivity contribution < 1.29 is 4.74 Å². The highest BCUT2D eigenvalue weighted by atomic mass is 32.1. The molecule has 0 atom stereocenters. The Bertz CT molecular complexity index is 3240. The quantitative estimate of drug-likeness (QED) is 0.164. The van der Waals surface area contributed by atoms with Crippen LogP contribution in [-0.4, -0.2) is 17.2 Å². The smallest absolute Gasteiger partial charge is 0.226 e. The first-order chi connectivity index (χ1) is 26.8. The van der Waals surface area contributed by atoms with Crippen molar-refractivity contribution >= 4 is 98.7 Å². The van der Waals surface area contributed by atoms with Crippen LogP contribution in [0.15, 0.2) is 174 Å². The van der Waals surface area contributed by atoms with Gasteiger partial charge in [0.2, 0.25) is 5.90 Å². The van der Waals surface area contributed by atoms with Crippen LogP contribution in [0.3, 0.4) is 0 Å². The summed E-state index contributed by atoms with van der Waals surface area (Å²) in [5.41, 5.74) is 8.19. The van der Waals surface area contributed by atoms with Crippen molar-refractivity contribution in [3.8, 4) is 16.9 Å². The zero-order valence-electron chi connectivity index (χ0n) is 29.2. The summed E-state index contributed by atoms with van der Waals surface area (Å²) in [5, 5.41) is 9.78. The minimum atomic E-state index is 0.354. The number of aliphatic imine (C=N–C) groups is 2. The number of ether oxygens (including phenoxy) is 1. The molecular formula is C49H31N3OS. The van der Waals surface area contributed by atoms with Crippen molar-refractivity contribution in [2.45, 2.75) is 6.67 Å². The summed E-state index contributed by atoms with van der Waals surface area (Å²) in [6.45, 7) is 4.49. The Morgan fingerprint density at radius 1 is 0.574 bits per heavy atom.